The third-order valence-corrected chi connectivity index (χ3v) is 7.03. The van der Waals surface area contributed by atoms with Crippen LogP contribution >= 0.6 is 0 Å². The molecule has 0 spiro atoms. The highest BCUT2D eigenvalue weighted by Gasteiger charge is 2.40. The van der Waals surface area contributed by atoms with Crippen molar-refractivity contribution in [3.8, 4) is 0 Å². The van der Waals surface area contributed by atoms with Gasteiger partial charge in [-0.25, -0.2) is 0 Å². The van der Waals surface area contributed by atoms with Crippen LogP contribution in [0.15, 0.2) is 0 Å². The Hall–Kier alpha value is -0.160. The standard InChI is InChI=1S/C12H24N2.C11H24N2/c1-9(2)13-5-11-7-14(10(3)4)8-12(11)6-13;1-10(2)12-6-5-7-13(9-8-12)11(3)4/h9-12H,5-8H2,1-4H3;10-11H,5-9H2,1-4H3. The van der Waals surface area contributed by atoms with Gasteiger partial charge in [0.05, 0.1) is 0 Å². The summed E-state index contributed by atoms with van der Waals surface area (Å²) >= 11 is 0. The van der Waals surface area contributed by atoms with Crippen molar-refractivity contribution >= 4 is 0 Å². The smallest absolute Gasteiger partial charge is 0.0112 e. The van der Waals surface area contributed by atoms with E-state index in [9.17, 15) is 0 Å². The fourth-order valence-corrected chi connectivity index (χ4v) is 4.90. The lowest BCUT2D eigenvalue weighted by Gasteiger charge is -2.26. The first-order valence-corrected chi connectivity index (χ1v) is 11.6. The number of likely N-dealkylation sites (tertiary alicyclic amines) is 2. The Bertz CT molecular complexity index is 371. The van der Waals surface area contributed by atoms with E-state index >= 15 is 0 Å². The van der Waals surface area contributed by atoms with Crippen molar-refractivity contribution < 1.29 is 0 Å². The van der Waals surface area contributed by atoms with Crippen LogP contribution in [0.1, 0.15) is 61.8 Å². The molecule has 0 saturated carbocycles. The topological polar surface area (TPSA) is 13.0 Å². The Morgan fingerprint density at radius 1 is 0.444 bits per heavy atom. The second-order valence-electron chi connectivity index (χ2n) is 10.2. The van der Waals surface area contributed by atoms with Gasteiger partial charge in [0.2, 0.25) is 0 Å². The minimum absolute atomic E-state index is 0.715. The van der Waals surface area contributed by atoms with E-state index in [1.54, 1.807) is 0 Å². The third kappa shape index (κ3) is 6.69. The summed E-state index contributed by atoms with van der Waals surface area (Å²) in [6.45, 7) is 28.9. The van der Waals surface area contributed by atoms with E-state index in [1.807, 2.05) is 0 Å². The molecular formula is C23H48N4. The summed E-state index contributed by atoms with van der Waals surface area (Å²) in [7, 11) is 0. The quantitative estimate of drug-likeness (QED) is 0.740. The van der Waals surface area contributed by atoms with Crippen molar-refractivity contribution in [2.75, 3.05) is 52.4 Å². The number of hydrogen-bond donors (Lipinski definition) is 0. The minimum Gasteiger partial charge on any atom is -0.300 e. The van der Waals surface area contributed by atoms with Crippen molar-refractivity contribution in [3.05, 3.63) is 0 Å². The predicted molar refractivity (Wildman–Crippen MR) is 118 cm³/mol. The molecule has 0 N–H and O–H groups in total. The molecule has 3 saturated heterocycles. The van der Waals surface area contributed by atoms with Crippen molar-refractivity contribution in [1.29, 1.82) is 0 Å². The van der Waals surface area contributed by atoms with Crippen molar-refractivity contribution in [2.24, 2.45) is 11.8 Å². The maximum Gasteiger partial charge on any atom is 0.0112 e. The van der Waals surface area contributed by atoms with Gasteiger partial charge in [0, 0.05) is 63.4 Å². The van der Waals surface area contributed by atoms with Crippen LogP contribution in [-0.2, 0) is 0 Å². The summed E-state index contributed by atoms with van der Waals surface area (Å²) in [5.74, 6) is 1.92. The average molecular weight is 381 g/mol. The van der Waals surface area contributed by atoms with Crippen LogP contribution in [-0.4, -0.2) is 96.1 Å². The minimum atomic E-state index is 0.715. The SMILES string of the molecule is CC(C)N1CC2CN(C(C)C)CC2C1.CC(C)N1CCCN(C(C)C)CC1. The highest BCUT2D eigenvalue weighted by atomic mass is 15.3. The van der Waals surface area contributed by atoms with Gasteiger partial charge in [-0.1, -0.05) is 0 Å². The van der Waals surface area contributed by atoms with Crippen LogP contribution in [0.25, 0.3) is 0 Å². The zero-order valence-electron chi connectivity index (χ0n) is 19.6. The summed E-state index contributed by atoms with van der Waals surface area (Å²) in [6, 6.07) is 2.92. The van der Waals surface area contributed by atoms with Gasteiger partial charge in [-0.05, 0) is 86.7 Å². The first kappa shape index (κ1) is 23.1. The van der Waals surface area contributed by atoms with Crippen LogP contribution in [0.5, 0.6) is 0 Å². The summed E-state index contributed by atoms with van der Waals surface area (Å²) < 4.78 is 0. The monoisotopic (exact) mass is 380 g/mol. The molecule has 0 unspecified atom stereocenters. The Balaban J connectivity index is 0.000000194. The lowest BCUT2D eigenvalue weighted by Crippen LogP contribution is -2.37. The van der Waals surface area contributed by atoms with Gasteiger partial charge in [-0.15, -0.1) is 0 Å². The van der Waals surface area contributed by atoms with Gasteiger partial charge in [-0.3, -0.25) is 9.80 Å². The Labute approximate surface area is 170 Å². The van der Waals surface area contributed by atoms with Crippen LogP contribution in [0.4, 0.5) is 0 Å². The van der Waals surface area contributed by atoms with E-state index in [0.29, 0.717) is 12.1 Å². The fraction of sp³-hybridized carbons (Fsp3) is 1.00. The average Bonchev–Trinajstić information content (AvgIpc) is 3.05. The van der Waals surface area contributed by atoms with E-state index in [4.69, 9.17) is 0 Å². The molecular weight excluding hydrogens is 332 g/mol. The van der Waals surface area contributed by atoms with E-state index in [-0.39, 0.29) is 0 Å². The van der Waals surface area contributed by atoms with Gasteiger partial charge in [-0.2, -0.15) is 0 Å². The molecule has 0 aliphatic carbocycles. The molecule has 0 bridgehead atoms. The van der Waals surface area contributed by atoms with Gasteiger partial charge in [0.1, 0.15) is 0 Å². The molecule has 27 heavy (non-hydrogen) atoms. The molecule has 3 aliphatic rings. The number of hydrogen-bond acceptors (Lipinski definition) is 4. The molecule has 3 rings (SSSR count). The molecule has 3 fully saturated rings. The van der Waals surface area contributed by atoms with Crippen LogP contribution in [0.3, 0.4) is 0 Å². The van der Waals surface area contributed by atoms with E-state index in [0.717, 1.165) is 23.9 Å². The van der Waals surface area contributed by atoms with Crippen molar-refractivity contribution in [3.63, 3.8) is 0 Å². The first-order valence-electron chi connectivity index (χ1n) is 11.6. The van der Waals surface area contributed by atoms with Crippen molar-refractivity contribution in [2.45, 2.75) is 86.0 Å². The van der Waals surface area contributed by atoms with Gasteiger partial charge >= 0.3 is 0 Å². The molecule has 3 aliphatic heterocycles. The summed E-state index contributed by atoms with van der Waals surface area (Å²) in [6.07, 6.45) is 1.33. The molecule has 0 radical (unpaired) electrons. The first-order chi connectivity index (χ1) is 12.7. The second kappa shape index (κ2) is 10.6. The second-order valence-corrected chi connectivity index (χ2v) is 10.2. The highest BCUT2D eigenvalue weighted by molar-refractivity contribution is 4.94. The lowest BCUT2D eigenvalue weighted by molar-refractivity contribution is 0.202. The Morgan fingerprint density at radius 3 is 1.00 bits per heavy atom. The maximum absolute atomic E-state index is 2.65. The Kier molecular flexibility index (Phi) is 9.05. The molecule has 160 valence electrons. The van der Waals surface area contributed by atoms with E-state index in [1.165, 1.54) is 58.8 Å². The molecule has 4 heteroatoms. The van der Waals surface area contributed by atoms with Crippen LogP contribution < -0.4 is 0 Å². The molecule has 0 amide bonds. The molecule has 0 atom stereocenters. The number of rotatable bonds is 4. The molecule has 3 heterocycles. The van der Waals surface area contributed by atoms with Gasteiger partial charge in [0.15, 0.2) is 0 Å². The molecule has 4 nitrogen and oxygen atoms in total. The lowest BCUT2D eigenvalue weighted by atomic mass is 10.0. The highest BCUT2D eigenvalue weighted by Crippen LogP contribution is 2.32. The summed E-state index contributed by atoms with van der Waals surface area (Å²) in [5.41, 5.74) is 0. The van der Waals surface area contributed by atoms with Gasteiger partial charge in [0.25, 0.3) is 0 Å². The molecule has 0 aromatic carbocycles. The summed E-state index contributed by atoms with van der Waals surface area (Å²) in [4.78, 5) is 10.5. The third-order valence-electron chi connectivity index (χ3n) is 7.03. The number of nitrogens with zero attached hydrogens (tertiary/aromatic N) is 4. The van der Waals surface area contributed by atoms with Crippen molar-refractivity contribution in [1.82, 2.24) is 19.6 Å². The van der Waals surface area contributed by atoms with Crippen LogP contribution in [0, 0.1) is 11.8 Å². The fourth-order valence-electron chi connectivity index (χ4n) is 4.90. The molecule has 0 aromatic rings. The predicted octanol–water partition coefficient (Wildman–Crippen LogP) is 3.48. The zero-order valence-corrected chi connectivity index (χ0v) is 19.6. The Morgan fingerprint density at radius 2 is 0.741 bits per heavy atom. The van der Waals surface area contributed by atoms with E-state index in [2.05, 4.69) is 75.0 Å². The maximum atomic E-state index is 2.65. The normalized spacial score (nSPS) is 28.9. The van der Waals surface area contributed by atoms with Gasteiger partial charge < -0.3 is 9.80 Å². The number of fused-ring (bicyclic) bond motifs is 1. The zero-order chi connectivity index (χ0) is 20.1. The van der Waals surface area contributed by atoms with E-state index < -0.39 is 0 Å². The van der Waals surface area contributed by atoms with Crippen LogP contribution in [0.2, 0.25) is 0 Å². The summed E-state index contributed by atoms with van der Waals surface area (Å²) in [5, 5.41) is 0. The largest absolute Gasteiger partial charge is 0.300 e. The molecule has 0 aromatic heterocycles.